The van der Waals surface area contributed by atoms with E-state index in [1.54, 1.807) is 0 Å². The number of amides is 1. The quantitative estimate of drug-likeness (QED) is 0.630. The average molecular weight is 349 g/mol. The molecule has 6 heteroatoms. The van der Waals surface area contributed by atoms with Crippen LogP contribution in [0.3, 0.4) is 0 Å². The number of esters is 1. The smallest absolute Gasteiger partial charge is 0.305 e. The van der Waals surface area contributed by atoms with Crippen molar-refractivity contribution >= 4 is 17.6 Å². The molecule has 0 radical (unpaired) electrons. The second kappa shape index (κ2) is 10.7. The fourth-order valence-corrected chi connectivity index (χ4v) is 2.69. The van der Waals surface area contributed by atoms with Crippen molar-refractivity contribution in [1.82, 2.24) is 0 Å². The summed E-state index contributed by atoms with van der Waals surface area (Å²) in [5, 5.41) is 2.91. The van der Waals surface area contributed by atoms with Crippen molar-refractivity contribution in [3.63, 3.8) is 0 Å². The monoisotopic (exact) mass is 349 g/mol. The third-order valence-electron chi connectivity index (χ3n) is 4.13. The molecule has 0 aromatic heterocycles. The van der Waals surface area contributed by atoms with Crippen LogP contribution in [-0.4, -0.2) is 38.3 Å². The average Bonchev–Trinajstić information content (AvgIpc) is 2.65. The largest absolute Gasteiger partial charge is 0.491 e. The Kier molecular flexibility index (Phi) is 8.25. The van der Waals surface area contributed by atoms with Gasteiger partial charge in [0.2, 0.25) is 0 Å². The number of unbranched alkanes of at least 4 members (excludes halogenated alkanes) is 2. The lowest BCUT2D eigenvalue weighted by molar-refractivity contribution is -0.140. The molecule has 1 N–H and O–H groups in total. The van der Waals surface area contributed by atoms with E-state index in [1.165, 1.54) is 7.11 Å². The Morgan fingerprint density at radius 1 is 1.20 bits per heavy atom. The molecule has 1 amide bonds. The normalized spacial score (nSPS) is 18.3. The van der Waals surface area contributed by atoms with Crippen LogP contribution in [0.15, 0.2) is 24.3 Å². The van der Waals surface area contributed by atoms with E-state index >= 15 is 0 Å². The van der Waals surface area contributed by atoms with Crippen LogP contribution in [0.1, 0.15) is 44.9 Å². The van der Waals surface area contributed by atoms with Gasteiger partial charge in [-0.25, -0.2) is 0 Å². The topological polar surface area (TPSA) is 73.9 Å². The first-order valence-electron chi connectivity index (χ1n) is 8.92. The molecule has 1 aromatic carbocycles. The molecule has 0 fully saturated rings. The summed E-state index contributed by atoms with van der Waals surface area (Å²) in [5.74, 6) is 0.348. The predicted molar refractivity (Wildman–Crippen MR) is 94.6 cm³/mol. The number of nitrogens with one attached hydrogen (secondary N) is 1. The molecule has 0 aliphatic carbocycles. The summed E-state index contributed by atoms with van der Waals surface area (Å²) < 4.78 is 16.2. The minimum absolute atomic E-state index is 0.147. The van der Waals surface area contributed by atoms with Crippen LogP contribution in [0, 0.1) is 0 Å². The van der Waals surface area contributed by atoms with E-state index in [2.05, 4.69) is 10.1 Å². The summed E-state index contributed by atoms with van der Waals surface area (Å²) >= 11 is 0. The number of methoxy groups -OCH3 is 1. The van der Waals surface area contributed by atoms with E-state index in [9.17, 15) is 9.59 Å². The zero-order valence-corrected chi connectivity index (χ0v) is 14.8. The Balaban J connectivity index is 1.88. The minimum atomic E-state index is -0.482. The van der Waals surface area contributed by atoms with Gasteiger partial charge in [-0.3, -0.25) is 9.59 Å². The van der Waals surface area contributed by atoms with Gasteiger partial charge in [-0.05, 0) is 37.8 Å². The van der Waals surface area contributed by atoms with Gasteiger partial charge in [0, 0.05) is 13.0 Å². The highest BCUT2D eigenvalue weighted by atomic mass is 16.5. The summed E-state index contributed by atoms with van der Waals surface area (Å²) in [6.45, 7) is 1.15. The fraction of sp³-hybridized carbons (Fsp3) is 0.579. The van der Waals surface area contributed by atoms with Crippen molar-refractivity contribution in [3.8, 4) is 5.75 Å². The van der Waals surface area contributed by atoms with Crippen LogP contribution >= 0.6 is 0 Å². The van der Waals surface area contributed by atoms with E-state index in [4.69, 9.17) is 9.47 Å². The van der Waals surface area contributed by atoms with Crippen molar-refractivity contribution in [2.75, 3.05) is 25.6 Å². The summed E-state index contributed by atoms with van der Waals surface area (Å²) in [7, 11) is 1.39. The number of para-hydroxylation sites is 2. The van der Waals surface area contributed by atoms with E-state index in [0.717, 1.165) is 32.1 Å². The number of fused-ring (bicyclic) bond motifs is 1. The molecular weight excluding hydrogens is 322 g/mol. The van der Waals surface area contributed by atoms with Gasteiger partial charge < -0.3 is 19.5 Å². The lowest BCUT2D eigenvalue weighted by atomic mass is 10.1. The maximum atomic E-state index is 12.6. The van der Waals surface area contributed by atoms with Gasteiger partial charge in [0.25, 0.3) is 5.91 Å². The molecule has 0 bridgehead atoms. The molecule has 138 valence electrons. The van der Waals surface area contributed by atoms with Crippen LogP contribution in [0.4, 0.5) is 5.69 Å². The summed E-state index contributed by atoms with van der Waals surface area (Å²) in [5.41, 5.74) is 0.675. The molecule has 0 saturated carbocycles. The number of carbonyl (C=O) groups is 2. The maximum Gasteiger partial charge on any atom is 0.305 e. The fourth-order valence-electron chi connectivity index (χ4n) is 2.69. The van der Waals surface area contributed by atoms with Gasteiger partial charge in [0.15, 0.2) is 0 Å². The maximum absolute atomic E-state index is 12.6. The third-order valence-corrected chi connectivity index (χ3v) is 4.13. The third kappa shape index (κ3) is 6.74. The van der Waals surface area contributed by atoms with Crippen LogP contribution < -0.4 is 10.1 Å². The van der Waals surface area contributed by atoms with Crippen LogP contribution in [-0.2, 0) is 19.1 Å². The molecule has 1 aromatic rings. The van der Waals surface area contributed by atoms with Crippen molar-refractivity contribution < 1.29 is 23.8 Å². The molecule has 1 aliphatic heterocycles. The Morgan fingerprint density at radius 3 is 2.84 bits per heavy atom. The first kappa shape index (κ1) is 19.2. The zero-order valence-electron chi connectivity index (χ0n) is 14.8. The molecule has 0 saturated heterocycles. The highest BCUT2D eigenvalue weighted by Crippen LogP contribution is 2.25. The first-order chi connectivity index (χ1) is 12.2. The number of hydrogen-bond acceptors (Lipinski definition) is 5. The van der Waals surface area contributed by atoms with E-state index in [0.29, 0.717) is 37.5 Å². The molecular formula is C19H27NO5. The number of ether oxygens (including phenoxy) is 3. The molecule has 6 nitrogen and oxygen atoms in total. The molecule has 1 heterocycles. The number of anilines is 1. The lowest BCUT2D eigenvalue weighted by Gasteiger charge is -2.18. The van der Waals surface area contributed by atoms with Gasteiger partial charge in [0.05, 0.1) is 19.4 Å². The number of carbonyl (C=O) groups excluding carboxylic acids is 2. The first-order valence-corrected chi connectivity index (χ1v) is 8.92. The Bertz CT molecular complexity index is 561. The Labute approximate surface area is 148 Å². The van der Waals surface area contributed by atoms with Crippen molar-refractivity contribution in [2.24, 2.45) is 0 Å². The van der Waals surface area contributed by atoms with Crippen molar-refractivity contribution in [1.29, 1.82) is 0 Å². The number of hydrogen-bond donors (Lipinski definition) is 1. The highest BCUT2D eigenvalue weighted by Gasteiger charge is 2.21. The van der Waals surface area contributed by atoms with Gasteiger partial charge in [-0.15, -0.1) is 0 Å². The second-order valence-electron chi connectivity index (χ2n) is 6.08. The molecule has 1 aliphatic rings. The van der Waals surface area contributed by atoms with Gasteiger partial charge in [0.1, 0.15) is 11.9 Å². The molecule has 25 heavy (non-hydrogen) atoms. The molecule has 1 atom stereocenters. The second-order valence-corrected chi connectivity index (χ2v) is 6.08. The zero-order chi connectivity index (χ0) is 17.9. The standard InChI is InChI=1S/C19H27NO5/c1-23-18(21)12-4-2-3-11-17-19(22)20-15-9-5-6-10-16(15)24-13-7-8-14-25-17/h5-6,9-10,17H,2-4,7-8,11-14H2,1H3,(H,20,22). The van der Waals surface area contributed by atoms with Crippen LogP contribution in [0.2, 0.25) is 0 Å². The molecule has 1 unspecified atom stereocenters. The van der Waals surface area contributed by atoms with Gasteiger partial charge >= 0.3 is 5.97 Å². The highest BCUT2D eigenvalue weighted by molar-refractivity contribution is 5.95. The van der Waals surface area contributed by atoms with E-state index < -0.39 is 6.10 Å². The minimum Gasteiger partial charge on any atom is -0.491 e. The lowest BCUT2D eigenvalue weighted by Crippen LogP contribution is -2.31. The summed E-state index contributed by atoms with van der Waals surface area (Å²) in [4.78, 5) is 23.7. The van der Waals surface area contributed by atoms with Gasteiger partial charge in [-0.1, -0.05) is 25.0 Å². The van der Waals surface area contributed by atoms with Crippen LogP contribution in [0.5, 0.6) is 5.75 Å². The Morgan fingerprint density at radius 2 is 2.00 bits per heavy atom. The Hall–Kier alpha value is -2.08. The van der Waals surface area contributed by atoms with Gasteiger partial charge in [-0.2, -0.15) is 0 Å². The van der Waals surface area contributed by atoms with Crippen LogP contribution in [0.25, 0.3) is 0 Å². The summed E-state index contributed by atoms with van der Waals surface area (Å²) in [6.07, 6.45) is 4.76. The van der Waals surface area contributed by atoms with E-state index in [-0.39, 0.29) is 11.9 Å². The molecule has 2 rings (SSSR count). The van der Waals surface area contributed by atoms with Crippen molar-refractivity contribution in [3.05, 3.63) is 24.3 Å². The molecule has 0 spiro atoms. The summed E-state index contributed by atoms with van der Waals surface area (Å²) in [6, 6.07) is 7.44. The predicted octanol–water partition coefficient (Wildman–Crippen LogP) is 3.31. The number of benzene rings is 1. The van der Waals surface area contributed by atoms with Crippen molar-refractivity contribution in [2.45, 2.75) is 51.0 Å². The SMILES string of the molecule is COC(=O)CCCCCC1OCCCCOc2ccccc2NC1=O. The van der Waals surface area contributed by atoms with E-state index in [1.807, 2.05) is 24.3 Å². The number of rotatable bonds is 6.